The summed E-state index contributed by atoms with van der Waals surface area (Å²) in [5, 5.41) is 5.08. The van der Waals surface area contributed by atoms with Crippen LogP contribution in [-0.4, -0.2) is 37.6 Å². The molecule has 2 atom stereocenters. The highest BCUT2D eigenvalue weighted by Crippen LogP contribution is 2.01. The predicted molar refractivity (Wildman–Crippen MR) is 70.5 cm³/mol. The number of hydrogen-bond acceptors (Lipinski definition) is 2. The van der Waals surface area contributed by atoms with E-state index in [9.17, 15) is 9.59 Å². The molecule has 1 aliphatic rings. The Kier molecular flexibility index (Phi) is 6.72. The molecule has 18 heavy (non-hydrogen) atoms. The van der Waals surface area contributed by atoms with E-state index in [1.54, 1.807) is 0 Å². The van der Waals surface area contributed by atoms with Crippen molar-refractivity contribution < 1.29 is 14.5 Å². The minimum Gasteiger partial charge on any atom is -0.338 e. The molecule has 1 aliphatic heterocycles. The van der Waals surface area contributed by atoms with Gasteiger partial charge in [-0.1, -0.05) is 13.3 Å². The summed E-state index contributed by atoms with van der Waals surface area (Å²) in [4.78, 5) is 24.4. The molecule has 0 radical (unpaired) electrons. The minimum absolute atomic E-state index is 0.173. The number of imide groups is 1. The Hall–Kier alpha value is -1.10. The average Bonchev–Trinajstić information content (AvgIpc) is 2.32. The van der Waals surface area contributed by atoms with Gasteiger partial charge >= 0.3 is 6.03 Å². The number of carbonyl (C=O) groups excluding carboxylic acids is 2. The Morgan fingerprint density at radius 3 is 2.78 bits per heavy atom. The summed E-state index contributed by atoms with van der Waals surface area (Å²) in [5.41, 5.74) is 0. The molecule has 1 fully saturated rings. The zero-order chi connectivity index (χ0) is 13.4. The standard InChI is InChI=1S/C13H25N3O2/c1-3-4-8-14-13(18)15-12(17)10-16-9-6-5-7-11(16)2/h11H,3-10H2,1-2H3,(H2,14,15,17,18)/p+1/t11-/m0/s1. The van der Waals surface area contributed by atoms with Gasteiger partial charge < -0.3 is 10.2 Å². The second kappa shape index (κ2) is 8.08. The van der Waals surface area contributed by atoms with E-state index in [2.05, 4.69) is 24.5 Å². The van der Waals surface area contributed by atoms with Crippen LogP contribution in [0.2, 0.25) is 0 Å². The van der Waals surface area contributed by atoms with Crippen LogP contribution in [-0.2, 0) is 4.79 Å². The number of urea groups is 1. The average molecular weight is 256 g/mol. The van der Waals surface area contributed by atoms with E-state index in [0.29, 0.717) is 19.1 Å². The topological polar surface area (TPSA) is 62.6 Å². The first kappa shape index (κ1) is 15.0. The number of quaternary nitrogens is 1. The fraction of sp³-hybridized carbons (Fsp3) is 0.846. The van der Waals surface area contributed by atoms with Crippen molar-refractivity contribution in [2.24, 2.45) is 0 Å². The molecule has 3 amide bonds. The van der Waals surface area contributed by atoms with E-state index in [1.807, 2.05) is 0 Å². The van der Waals surface area contributed by atoms with Gasteiger partial charge in [0.1, 0.15) is 0 Å². The molecule has 0 aromatic heterocycles. The Morgan fingerprint density at radius 1 is 1.33 bits per heavy atom. The van der Waals surface area contributed by atoms with Gasteiger partial charge in [-0.15, -0.1) is 0 Å². The van der Waals surface area contributed by atoms with Crippen molar-refractivity contribution in [3.8, 4) is 0 Å². The van der Waals surface area contributed by atoms with E-state index < -0.39 is 0 Å². The number of unbranched alkanes of at least 4 members (excludes halogenated alkanes) is 1. The van der Waals surface area contributed by atoms with Crippen LogP contribution in [0.5, 0.6) is 0 Å². The fourth-order valence-corrected chi connectivity index (χ4v) is 2.32. The number of piperidine rings is 1. The molecule has 0 spiro atoms. The molecule has 5 heteroatoms. The number of nitrogens with one attached hydrogen (secondary N) is 3. The number of carbonyl (C=O) groups is 2. The molecule has 0 aromatic carbocycles. The molecule has 104 valence electrons. The van der Waals surface area contributed by atoms with Crippen molar-refractivity contribution >= 4 is 11.9 Å². The third-order valence-corrected chi connectivity index (χ3v) is 3.54. The third kappa shape index (κ3) is 5.49. The molecule has 0 aliphatic carbocycles. The maximum atomic E-state index is 11.7. The zero-order valence-corrected chi connectivity index (χ0v) is 11.6. The van der Waals surface area contributed by atoms with Crippen LogP contribution in [0.4, 0.5) is 4.79 Å². The van der Waals surface area contributed by atoms with Crippen LogP contribution >= 0.6 is 0 Å². The van der Waals surface area contributed by atoms with E-state index in [-0.39, 0.29) is 11.9 Å². The molecule has 1 heterocycles. The lowest BCUT2D eigenvalue weighted by atomic mass is 10.0. The smallest absolute Gasteiger partial charge is 0.321 e. The van der Waals surface area contributed by atoms with Gasteiger partial charge in [-0.2, -0.15) is 0 Å². The molecular formula is C13H26N3O2+. The number of hydrogen-bond donors (Lipinski definition) is 3. The van der Waals surface area contributed by atoms with Crippen molar-refractivity contribution in [1.82, 2.24) is 10.6 Å². The fourth-order valence-electron chi connectivity index (χ4n) is 2.32. The molecule has 1 saturated heterocycles. The van der Waals surface area contributed by atoms with Crippen molar-refractivity contribution in [2.45, 2.75) is 52.0 Å². The van der Waals surface area contributed by atoms with Crippen LogP contribution in [0.3, 0.4) is 0 Å². The summed E-state index contributed by atoms with van der Waals surface area (Å²) in [6.07, 6.45) is 5.57. The summed E-state index contributed by atoms with van der Waals surface area (Å²) in [7, 11) is 0. The molecular weight excluding hydrogens is 230 g/mol. The summed E-state index contributed by atoms with van der Waals surface area (Å²) in [6.45, 7) is 6.30. The van der Waals surface area contributed by atoms with E-state index >= 15 is 0 Å². The predicted octanol–water partition coefficient (Wildman–Crippen LogP) is 0.0696. The van der Waals surface area contributed by atoms with E-state index in [0.717, 1.165) is 19.4 Å². The van der Waals surface area contributed by atoms with Gasteiger partial charge in [-0.3, -0.25) is 10.1 Å². The normalized spacial score (nSPS) is 23.4. The molecule has 0 saturated carbocycles. The maximum Gasteiger partial charge on any atom is 0.321 e. The lowest BCUT2D eigenvalue weighted by Crippen LogP contribution is -3.17. The summed E-state index contributed by atoms with van der Waals surface area (Å²) >= 11 is 0. The number of likely N-dealkylation sites (tertiary alicyclic amines) is 1. The first-order valence-electron chi connectivity index (χ1n) is 7.05. The van der Waals surface area contributed by atoms with Gasteiger partial charge in [-0.05, 0) is 32.6 Å². The van der Waals surface area contributed by atoms with Crippen LogP contribution in [0.25, 0.3) is 0 Å². The second-order valence-corrected chi connectivity index (χ2v) is 5.14. The molecule has 0 bridgehead atoms. The SMILES string of the molecule is CCCCNC(=O)NC(=O)C[NH+]1CCCC[C@@H]1C. The van der Waals surface area contributed by atoms with Crippen molar-refractivity contribution in [3.63, 3.8) is 0 Å². The molecule has 0 aromatic rings. The highest BCUT2D eigenvalue weighted by Gasteiger charge is 2.24. The van der Waals surface area contributed by atoms with Gasteiger partial charge in [0, 0.05) is 6.54 Å². The largest absolute Gasteiger partial charge is 0.338 e. The van der Waals surface area contributed by atoms with Gasteiger partial charge in [0.25, 0.3) is 5.91 Å². The van der Waals surface area contributed by atoms with Crippen LogP contribution in [0, 0.1) is 0 Å². The summed E-state index contributed by atoms with van der Waals surface area (Å²) in [5.74, 6) is -0.173. The van der Waals surface area contributed by atoms with Crippen molar-refractivity contribution in [1.29, 1.82) is 0 Å². The number of amides is 3. The minimum atomic E-state index is -0.363. The highest BCUT2D eigenvalue weighted by atomic mass is 16.2. The van der Waals surface area contributed by atoms with Crippen molar-refractivity contribution in [2.75, 3.05) is 19.6 Å². The van der Waals surface area contributed by atoms with Crippen LogP contribution in [0.1, 0.15) is 46.0 Å². The third-order valence-electron chi connectivity index (χ3n) is 3.54. The first-order chi connectivity index (χ1) is 8.63. The Balaban J connectivity index is 2.21. The van der Waals surface area contributed by atoms with Crippen LogP contribution < -0.4 is 15.5 Å². The maximum absolute atomic E-state index is 11.7. The molecule has 1 rings (SSSR count). The quantitative estimate of drug-likeness (QED) is 0.610. The highest BCUT2D eigenvalue weighted by molar-refractivity contribution is 5.94. The van der Waals surface area contributed by atoms with Gasteiger partial charge in [0.05, 0.1) is 12.6 Å². The van der Waals surface area contributed by atoms with Crippen LogP contribution in [0.15, 0.2) is 0 Å². The lowest BCUT2D eigenvalue weighted by molar-refractivity contribution is -0.920. The summed E-state index contributed by atoms with van der Waals surface area (Å²) in [6, 6.07) is 0.158. The van der Waals surface area contributed by atoms with Gasteiger partial charge in [-0.25, -0.2) is 4.79 Å². The monoisotopic (exact) mass is 256 g/mol. The Morgan fingerprint density at radius 2 is 2.11 bits per heavy atom. The summed E-state index contributed by atoms with van der Waals surface area (Å²) < 4.78 is 0. The Bertz CT molecular complexity index is 281. The first-order valence-corrected chi connectivity index (χ1v) is 7.05. The Labute approximate surface area is 109 Å². The number of rotatable bonds is 5. The van der Waals surface area contributed by atoms with Gasteiger partial charge in [0.2, 0.25) is 0 Å². The molecule has 5 nitrogen and oxygen atoms in total. The lowest BCUT2D eigenvalue weighted by Gasteiger charge is -2.29. The van der Waals surface area contributed by atoms with Crippen molar-refractivity contribution in [3.05, 3.63) is 0 Å². The van der Waals surface area contributed by atoms with E-state index in [1.165, 1.54) is 24.2 Å². The molecule has 3 N–H and O–H groups in total. The second-order valence-electron chi connectivity index (χ2n) is 5.14. The zero-order valence-electron chi connectivity index (χ0n) is 11.6. The molecule has 1 unspecified atom stereocenters. The van der Waals surface area contributed by atoms with Gasteiger partial charge in [0.15, 0.2) is 6.54 Å². The van der Waals surface area contributed by atoms with E-state index in [4.69, 9.17) is 0 Å².